The summed E-state index contributed by atoms with van der Waals surface area (Å²) in [5.41, 5.74) is 1.95. The molecule has 0 spiro atoms. The van der Waals surface area contributed by atoms with Crippen LogP contribution < -0.4 is 0 Å². The largest absolute Gasteiger partial charge is 0.480 e. The Morgan fingerprint density at radius 1 is 1.55 bits per heavy atom. The Kier molecular flexibility index (Phi) is 4.39. The van der Waals surface area contributed by atoms with E-state index in [2.05, 4.69) is 4.98 Å². The summed E-state index contributed by atoms with van der Waals surface area (Å²) in [6, 6.07) is 1.63. The first-order valence-corrected chi connectivity index (χ1v) is 8.25. The van der Waals surface area contributed by atoms with Gasteiger partial charge in [0.2, 0.25) is 0 Å². The molecule has 1 saturated heterocycles. The van der Waals surface area contributed by atoms with Gasteiger partial charge in [-0.15, -0.1) is 0 Å². The van der Waals surface area contributed by atoms with Gasteiger partial charge in [-0.3, -0.25) is 14.7 Å². The Bertz CT molecular complexity index is 600. The van der Waals surface area contributed by atoms with Crippen molar-refractivity contribution in [3.05, 3.63) is 29.6 Å². The number of hydrogen-bond acceptors (Lipinski definition) is 5. The van der Waals surface area contributed by atoms with Crippen LogP contribution in [0.2, 0.25) is 0 Å². The van der Waals surface area contributed by atoms with Gasteiger partial charge in [-0.25, -0.2) is 8.42 Å². The van der Waals surface area contributed by atoms with Crippen LogP contribution >= 0.6 is 0 Å². The van der Waals surface area contributed by atoms with E-state index in [9.17, 15) is 13.2 Å². The molecule has 0 radical (unpaired) electrons. The van der Waals surface area contributed by atoms with E-state index >= 15 is 0 Å². The first kappa shape index (κ1) is 14.9. The molecule has 1 N–H and O–H groups in total. The standard InChI is InChI=1S/C13H18N2O4S/c1-10-2-4-14-6-11(10)7-15(8-13(16)17)12-3-5-20(18,19)9-12/h2,4,6,12H,3,5,7-9H2,1H3,(H,16,17). The predicted octanol–water partition coefficient (Wildman–Crippen LogP) is 0.464. The molecule has 0 bridgehead atoms. The van der Waals surface area contributed by atoms with Gasteiger partial charge in [0.15, 0.2) is 9.84 Å². The van der Waals surface area contributed by atoms with E-state index in [0.717, 1.165) is 11.1 Å². The van der Waals surface area contributed by atoms with Crippen LogP contribution in [-0.2, 0) is 21.2 Å². The van der Waals surface area contributed by atoms with Crippen LogP contribution in [0.3, 0.4) is 0 Å². The number of carboxylic acids is 1. The lowest BCUT2D eigenvalue weighted by Gasteiger charge is -2.26. The highest BCUT2D eigenvalue weighted by Crippen LogP contribution is 2.20. The van der Waals surface area contributed by atoms with Gasteiger partial charge in [0, 0.05) is 25.0 Å². The van der Waals surface area contributed by atoms with Crippen molar-refractivity contribution >= 4 is 15.8 Å². The minimum Gasteiger partial charge on any atom is -0.480 e. The average molecular weight is 298 g/mol. The average Bonchev–Trinajstić information content (AvgIpc) is 2.71. The second-order valence-electron chi connectivity index (χ2n) is 5.16. The smallest absolute Gasteiger partial charge is 0.317 e. The number of carboxylic acid groups (broad SMARTS) is 1. The molecule has 2 heterocycles. The second-order valence-corrected chi connectivity index (χ2v) is 7.39. The summed E-state index contributed by atoms with van der Waals surface area (Å²) >= 11 is 0. The Labute approximate surface area is 118 Å². The Morgan fingerprint density at radius 2 is 2.30 bits per heavy atom. The molecule has 1 aliphatic rings. The van der Waals surface area contributed by atoms with E-state index in [0.29, 0.717) is 13.0 Å². The van der Waals surface area contributed by atoms with Gasteiger partial charge in [0.05, 0.1) is 18.1 Å². The van der Waals surface area contributed by atoms with Crippen molar-refractivity contribution in [3.63, 3.8) is 0 Å². The number of aromatic nitrogens is 1. The molecule has 110 valence electrons. The van der Waals surface area contributed by atoms with Crippen LogP contribution in [-0.4, -0.2) is 53.5 Å². The number of rotatable bonds is 5. The zero-order valence-corrected chi connectivity index (χ0v) is 12.1. The van der Waals surface area contributed by atoms with E-state index in [-0.39, 0.29) is 24.1 Å². The van der Waals surface area contributed by atoms with Gasteiger partial charge in [-0.1, -0.05) is 0 Å². The molecule has 0 aliphatic carbocycles. The number of aliphatic carboxylic acids is 1. The van der Waals surface area contributed by atoms with Gasteiger partial charge in [-0.05, 0) is 30.5 Å². The van der Waals surface area contributed by atoms with Crippen LogP contribution in [0.4, 0.5) is 0 Å². The number of hydrogen-bond donors (Lipinski definition) is 1. The SMILES string of the molecule is Cc1ccncc1CN(CC(=O)O)C1CCS(=O)(=O)C1. The summed E-state index contributed by atoms with van der Waals surface area (Å²) < 4.78 is 23.1. The van der Waals surface area contributed by atoms with Gasteiger partial charge in [0.1, 0.15) is 0 Å². The number of aryl methyl sites for hydroxylation is 1. The third kappa shape index (κ3) is 3.77. The van der Waals surface area contributed by atoms with Gasteiger partial charge < -0.3 is 5.11 Å². The molecule has 2 rings (SSSR count). The zero-order chi connectivity index (χ0) is 14.8. The van der Waals surface area contributed by atoms with Crippen LogP contribution in [0.1, 0.15) is 17.5 Å². The van der Waals surface area contributed by atoms with Crippen LogP contribution in [0.25, 0.3) is 0 Å². The highest BCUT2D eigenvalue weighted by Gasteiger charge is 2.33. The minimum atomic E-state index is -3.03. The molecule has 6 nitrogen and oxygen atoms in total. The van der Waals surface area contributed by atoms with Crippen LogP contribution in [0.5, 0.6) is 0 Å². The first-order valence-electron chi connectivity index (χ1n) is 6.43. The number of sulfone groups is 1. The van der Waals surface area contributed by atoms with Crippen molar-refractivity contribution in [2.24, 2.45) is 0 Å². The molecular weight excluding hydrogens is 280 g/mol. The Balaban J connectivity index is 2.16. The van der Waals surface area contributed by atoms with Gasteiger partial charge in [0.25, 0.3) is 0 Å². The van der Waals surface area contributed by atoms with Crippen molar-refractivity contribution in [1.29, 1.82) is 0 Å². The van der Waals surface area contributed by atoms with Crippen molar-refractivity contribution < 1.29 is 18.3 Å². The fraction of sp³-hybridized carbons (Fsp3) is 0.538. The molecule has 1 aromatic heterocycles. The lowest BCUT2D eigenvalue weighted by Crippen LogP contribution is -2.39. The quantitative estimate of drug-likeness (QED) is 0.850. The molecule has 0 aromatic carbocycles. The molecule has 1 aromatic rings. The summed E-state index contributed by atoms with van der Waals surface area (Å²) in [5.74, 6) is -0.768. The molecule has 0 saturated carbocycles. The zero-order valence-electron chi connectivity index (χ0n) is 11.3. The molecule has 20 heavy (non-hydrogen) atoms. The molecule has 7 heteroatoms. The molecule has 1 unspecified atom stereocenters. The first-order chi connectivity index (χ1) is 9.37. The normalized spacial score (nSPS) is 21.2. The summed E-state index contributed by atoms with van der Waals surface area (Å²) in [5, 5.41) is 9.01. The lowest BCUT2D eigenvalue weighted by atomic mass is 10.1. The monoisotopic (exact) mass is 298 g/mol. The second kappa shape index (κ2) is 5.88. The molecule has 0 amide bonds. The summed E-state index contributed by atoms with van der Waals surface area (Å²) in [6.07, 6.45) is 3.88. The summed E-state index contributed by atoms with van der Waals surface area (Å²) in [4.78, 5) is 16.8. The minimum absolute atomic E-state index is 0.0413. The Hall–Kier alpha value is -1.47. The summed E-state index contributed by atoms with van der Waals surface area (Å²) in [7, 11) is -3.03. The third-order valence-corrected chi connectivity index (χ3v) is 5.33. The van der Waals surface area contributed by atoms with Crippen LogP contribution in [0, 0.1) is 6.92 Å². The number of nitrogens with zero attached hydrogens (tertiary/aromatic N) is 2. The fourth-order valence-electron chi connectivity index (χ4n) is 2.43. The van der Waals surface area contributed by atoms with Crippen molar-refractivity contribution in [2.75, 3.05) is 18.1 Å². The van der Waals surface area contributed by atoms with Gasteiger partial charge in [-0.2, -0.15) is 0 Å². The molecule has 1 fully saturated rings. The van der Waals surface area contributed by atoms with Crippen LogP contribution in [0.15, 0.2) is 18.5 Å². The maximum absolute atomic E-state index is 11.6. The highest BCUT2D eigenvalue weighted by atomic mass is 32.2. The van der Waals surface area contributed by atoms with Crippen molar-refractivity contribution in [3.8, 4) is 0 Å². The van der Waals surface area contributed by atoms with Crippen molar-refractivity contribution in [2.45, 2.75) is 25.9 Å². The third-order valence-electron chi connectivity index (χ3n) is 3.58. The topological polar surface area (TPSA) is 87.6 Å². The van der Waals surface area contributed by atoms with Crippen molar-refractivity contribution in [1.82, 2.24) is 9.88 Å². The molecule has 1 aliphatic heterocycles. The fourth-order valence-corrected chi connectivity index (χ4v) is 4.19. The maximum atomic E-state index is 11.6. The van der Waals surface area contributed by atoms with E-state index in [1.807, 2.05) is 13.0 Å². The molecule has 1 atom stereocenters. The van der Waals surface area contributed by atoms with E-state index in [1.165, 1.54) is 0 Å². The Morgan fingerprint density at radius 3 is 2.85 bits per heavy atom. The van der Waals surface area contributed by atoms with E-state index in [4.69, 9.17) is 5.11 Å². The predicted molar refractivity (Wildman–Crippen MR) is 74.1 cm³/mol. The maximum Gasteiger partial charge on any atom is 0.317 e. The van der Waals surface area contributed by atoms with E-state index < -0.39 is 15.8 Å². The van der Waals surface area contributed by atoms with Gasteiger partial charge >= 0.3 is 5.97 Å². The highest BCUT2D eigenvalue weighted by molar-refractivity contribution is 7.91. The lowest BCUT2D eigenvalue weighted by molar-refractivity contribution is -0.139. The number of pyridine rings is 1. The van der Waals surface area contributed by atoms with E-state index in [1.54, 1.807) is 17.3 Å². The summed E-state index contributed by atoms with van der Waals surface area (Å²) in [6.45, 7) is 2.18. The number of carbonyl (C=O) groups is 1. The molecular formula is C13H18N2O4S.